The Morgan fingerprint density at radius 3 is 2.62 bits per heavy atom. The Labute approximate surface area is 124 Å². The Morgan fingerprint density at radius 2 is 2.00 bits per heavy atom. The standard InChI is InChI=1S/C15H17N3O2S/c19-21(20,10-8-12-4-5-12)18-15-7-6-13(11-17-15)14-3-1-2-9-16-14/h1-3,6-7,9,11-12H,4-5,8,10H2,(H,17,18). The maximum atomic E-state index is 11.9. The number of sulfonamides is 1. The highest BCUT2D eigenvalue weighted by molar-refractivity contribution is 7.92. The van der Waals surface area contributed by atoms with Crippen LogP contribution in [0.25, 0.3) is 11.3 Å². The second-order valence-corrected chi connectivity index (χ2v) is 7.14. The summed E-state index contributed by atoms with van der Waals surface area (Å²) in [6.45, 7) is 0. The molecule has 0 amide bonds. The van der Waals surface area contributed by atoms with Crippen LogP contribution in [0.4, 0.5) is 5.82 Å². The molecule has 6 heteroatoms. The van der Waals surface area contributed by atoms with Crippen LogP contribution in [0.2, 0.25) is 0 Å². The van der Waals surface area contributed by atoms with Gasteiger partial charge in [-0.1, -0.05) is 18.9 Å². The Bertz CT molecular complexity index is 695. The van der Waals surface area contributed by atoms with E-state index in [-0.39, 0.29) is 5.75 Å². The molecule has 5 nitrogen and oxygen atoms in total. The number of hydrogen-bond acceptors (Lipinski definition) is 4. The molecule has 2 aromatic rings. The maximum Gasteiger partial charge on any atom is 0.233 e. The summed E-state index contributed by atoms with van der Waals surface area (Å²) in [4.78, 5) is 8.38. The number of nitrogens with zero attached hydrogens (tertiary/aromatic N) is 2. The molecule has 0 radical (unpaired) electrons. The zero-order valence-corrected chi connectivity index (χ0v) is 12.4. The zero-order valence-electron chi connectivity index (χ0n) is 11.6. The Hall–Kier alpha value is -1.95. The summed E-state index contributed by atoms with van der Waals surface area (Å²) < 4.78 is 26.4. The van der Waals surface area contributed by atoms with E-state index in [0.717, 1.165) is 30.5 Å². The predicted octanol–water partition coefficient (Wildman–Crippen LogP) is 2.69. The molecule has 2 aromatic heterocycles. The lowest BCUT2D eigenvalue weighted by molar-refractivity contribution is 0.595. The molecule has 0 aliphatic heterocycles. The van der Waals surface area contributed by atoms with Crippen molar-refractivity contribution in [3.63, 3.8) is 0 Å². The van der Waals surface area contributed by atoms with Gasteiger partial charge in [-0.25, -0.2) is 13.4 Å². The molecule has 110 valence electrons. The monoisotopic (exact) mass is 303 g/mol. The van der Waals surface area contributed by atoms with Crippen LogP contribution in [0, 0.1) is 5.92 Å². The van der Waals surface area contributed by atoms with Crippen LogP contribution in [-0.2, 0) is 10.0 Å². The van der Waals surface area contributed by atoms with E-state index in [1.165, 1.54) is 0 Å². The minimum absolute atomic E-state index is 0.168. The van der Waals surface area contributed by atoms with Crippen LogP contribution < -0.4 is 4.72 Å². The minimum atomic E-state index is -3.30. The van der Waals surface area contributed by atoms with Crippen LogP contribution in [-0.4, -0.2) is 24.1 Å². The number of pyridine rings is 2. The molecule has 1 aliphatic rings. The first-order valence-corrected chi connectivity index (χ1v) is 8.65. The molecule has 1 saturated carbocycles. The van der Waals surface area contributed by atoms with Gasteiger partial charge in [0.05, 0.1) is 11.4 Å². The van der Waals surface area contributed by atoms with Crippen molar-refractivity contribution < 1.29 is 8.42 Å². The van der Waals surface area contributed by atoms with E-state index in [4.69, 9.17) is 0 Å². The van der Waals surface area contributed by atoms with Gasteiger partial charge in [-0.15, -0.1) is 0 Å². The third-order valence-corrected chi connectivity index (χ3v) is 4.77. The fraction of sp³-hybridized carbons (Fsp3) is 0.333. The van der Waals surface area contributed by atoms with Crippen molar-refractivity contribution in [1.82, 2.24) is 9.97 Å². The van der Waals surface area contributed by atoms with Gasteiger partial charge in [0, 0.05) is 18.0 Å². The number of hydrogen-bond donors (Lipinski definition) is 1. The van der Waals surface area contributed by atoms with Crippen LogP contribution in [0.5, 0.6) is 0 Å². The van der Waals surface area contributed by atoms with E-state index in [9.17, 15) is 8.42 Å². The first-order valence-electron chi connectivity index (χ1n) is 7.00. The summed E-state index contributed by atoms with van der Waals surface area (Å²) >= 11 is 0. The Balaban J connectivity index is 1.66. The van der Waals surface area contributed by atoms with Gasteiger partial charge in [0.15, 0.2) is 0 Å². The minimum Gasteiger partial charge on any atom is -0.267 e. The second kappa shape index (κ2) is 5.81. The largest absolute Gasteiger partial charge is 0.267 e. The van der Waals surface area contributed by atoms with Crippen molar-refractivity contribution in [2.24, 2.45) is 5.92 Å². The lowest BCUT2D eigenvalue weighted by Gasteiger charge is -2.07. The first kappa shape index (κ1) is 14.0. The van der Waals surface area contributed by atoms with E-state index in [1.807, 2.05) is 24.3 Å². The highest BCUT2D eigenvalue weighted by Gasteiger charge is 2.24. The maximum absolute atomic E-state index is 11.9. The molecular weight excluding hydrogens is 286 g/mol. The highest BCUT2D eigenvalue weighted by Crippen LogP contribution is 2.32. The SMILES string of the molecule is O=S(=O)(CCC1CC1)Nc1ccc(-c2ccccn2)cn1. The summed E-state index contributed by atoms with van der Waals surface area (Å²) in [7, 11) is -3.30. The van der Waals surface area contributed by atoms with Crippen LogP contribution in [0.15, 0.2) is 42.7 Å². The van der Waals surface area contributed by atoms with Crippen molar-refractivity contribution in [2.75, 3.05) is 10.5 Å². The fourth-order valence-corrected chi connectivity index (χ4v) is 3.26. The summed E-state index contributed by atoms with van der Waals surface area (Å²) in [5.41, 5.74) is 1.67. The number of aromatic nitrogens is 2. The molecule has 0 bridgehead atoms. The summed E-state index contributed by atoms with van der Waals surface area (Å²) in [5.74, 6) is 1.12. The first-order chi connectivity index (χ1) is 10.1. The van der Waals surface area contributed by atoms with Gasteiger partial charge in [0.2, 0.25) is 10.0 Å². The molecule has 3 rings (SSSR count). The van der Waals surface area contributed by atoms with Crippen molar-refractivity contribution in [1.29, 1.82) is 0 Å². The van der Waals surface area contributed by atoms with Gasteiger partial charge >= 0.3 is 0 Å². The molecule has 0 aromatic carbocycles. The van der Waals surface area contributed by atoms with Crippen molar-refractivity contribution in [2.45, 2.75) is 19.3 Å². The van der Waals surface area contributed by atoms with Crippen LogP contribution in [0.3, 0.4) is 0 Å². The van der Waals surface area contributed by atoms with Crippen molar-refractivity contribution >= 4 is 15.8 Å². The smallest absolute Gasteiger partial charge is 0.233 e. The van der Waals surface area contributed by atoms with Gasteiger partial charge < -0.3 is 0 Å². The van der Waals surface area contributed by atoms with Crippen molar-refractivity contribution in [3.8, 4) is 11.3 Å². The third kappa shape index (κ3) is 4.01. The molecule has 0 atom stereocenters. The van der Waals surface area contributed by atoms with Gasteiger partial charge in [-0.2, -0.15) is 0 Å². The van der Waals surface area contributed by atoms with E-state index in [2.05, 4.69) is 14.7 Å². The normalized spacial score (nSPS) is 14.9. The molecule has 0 unspecified atom stereocenters. The molecule has 1 N–H and O–H groups in total. The predicted molar refractivity (Wildman–Crippen MR) is 82.2 cm³/mol. The zero-order chi connectivity index (χ0) is 14.7. The van der Waals surface area contributed by atoms with Crippen LogP contribution >= 0.6 is 0 Å². The Kier molecular flexibility index (Phi) is 3.88. The highest BCUT2D eigenvalue weighted by atomic mass is 32.2. The number of anilines is 1. The molecule has 1 aliphatic carbocycles. The molecule has 0 saturated heterocycles. The van der Waals surface area contributed by atoms with Gasteiger partial charge in [0.25, 0.3) is 0 Å². The quantitative estimate of drug-likeness (QED) is 0.890. The van der Waals surface area contributed by atoms with Crippen molar-refractivity contribution in [3.05, 3.63) is 42.7 Å². The molecule has 21 heavy (non-hydrogen) atoms. The average Bonchev–Trinajstić information content (AvgIpc) is 3.31. The molecule has 2 heterocycles. The average molecular weight is 303 g/mol. The fourth-order valence-electron chi connectivity index (χ4n) is 2.08. The number of nitrogens with one attached hydrogen (secondary N) is 1. The molecule has 0 spiro atoms. The van der Waals surface area contributed by atoms with E-state index in [1.54, 1.807) is 18.5 Å². The van der Waals surface area contributed by atoms with Gasteiger partial charge in [0.1, 0.15) is 5.82 Å². The summed E-state index contributed by atoms with van der Waals surface area (Å²) in [6, 6.07) is 9.11. The molecule has 1 fully saturated rings. The van der Waals surface area contributed by atoms with Gasteiger partial charge in [-0.05, 0) is 36.6 Å². The molecular formula is C15H17N3O2S. The van der Waals surface area contributed by atoms with Gasteiger partial charge in [-0.3, -0.25) is 9.71 Å². The topological polar surface area (TPSA) is 72.0 Å². The summed E-state index contributed by atoms with van der Waals surface area (Å²) in [6.07, 6.45) is 6.39. The lowest BCUT2D eigenvalue weighted by Crippen LogP contribution is -2.17. The van der Waals surface area contributed by atoms with E-state index >= 15 is 0 Å². The second-order valence-electron chi connectivity index (χ2n) is 5.30. The summed E-state index contributed by atoms with van der Waals surface area (Å²) in [5, 5.41) is 0. The van der Waals surface area contributed by atoms with E-state index < -0.39 is 10.0 Å². The van der Waals surface area contributed by atoms with Crippen LogP contribution in [0.1, 0.15) is 19.3 Å². The lowest BCUT2D eigenvalue weighted by atomic mass is 10.2. The van der Waals surface area contributed by atoms with E-state index in [0.29, 0.717) is 11.7 Å². The number of rotatable bonds is 6. The third-order valence-electron chi connectivity index (χ3n) is 3.48. The Morgan fingerprint density at radius 1 is 1.14 bits per heavy atom.